The zero-order valence-corrected chi connectivity index (χ0v) is 9.82. The molecule has 0 aliphatic heterocycles. The fraction of sp³-hybridized carbons (Fsp3) is 0.462. The van der Waals surface area contributed by atoms with Crippen LogP contribution in [0.4, 0.5) is 0 Å². The Morgan fingerprint density at radius 2 is 2.25 bits per heavy atom. The Labute approximate surface area is 95.8 Å². The maximum absolute atomic E-state index is 10.4. The summed E-state index contributed by atoms with van der Waals surface area (Å²) in [5.74, 6) is 0.633. The molecule has 0 atom stereocenters. The van der Waals surface area contributed by atoms with Gasteiger partial charge in [-0.15, -0.1) is 0 Å². The summed E-state index contributed by atoms with van der Waals surface area (Å²) in [4.78, 5) is 10.4. The van der Waals surface area contributed by atoms with Crippen LogP contribution in [0.2, 0.25) is 0 Å². The lowest BCUT2D eigenvalue weighted by Crippen LogP contribution is -1.85. The standard InChI is InChI=1S/C13H18O3/c1-3-4-5-6-11-9-10(2)12(16-11)7-8-13(14)15/h7-9H,3-6H2,1-2H3,(H,14,15)/b8-7-. The first kappa shape index (κ1) is 12.6. The van der Waals surface area contributed by atoms with Crippen LogP contribution in [0.3, 0.4) is 0 Å². The highest BCUT2D eigenvalue weighted by Crippen LogP contribution is 2.18. The predicted molar refractivity (Wildman–Crippen MR) is 63.3 cm³/mol. The zero-order chi connectivity index (χ0) is 12.0. The molecule has 0 amide bonds. The van der Waals surface area contributed by atoms with Gasteiger partial charge in [0, 0.05) is 12.5 Å². The second kappa shape index (κ2) is 6.16. The maximum atomic E-state index is 10.4. The molecular formula is C13H18O3. The molecule has 1 aromatic rings. The molecule has 16 heavy (non-hydrogen) atoms. The van der Waals surface area contributed by atoms with Gasteiger partial charge in [0.2, 0.25) is 0 Å². The fourth-order valence-electron chi connectivity index (χ4n) is 1.55. The van der Waals surface area contributed by atoms with Crippen LogP contribution in [-0.2, 0) is 11.2 Å². The number of carboxylic acid groups (broad SMARTS) is 1. The summed E-state index contributed by atoms with van der Waals surface area (Å²) in [7, 11) is 0. The quantitative estimate of drug-likeness (QED) is 0.592. The van der Waals surface area contributed by atoms with Crippen molar-refractivity contribution in [2.45, 2.75) is 39.5 Å². The van der Waals surface area contributed by atoms with Crippen LogP contribution in [0.15, 0.2) is 16.6 Å². The van der Waals surface area contributed by atoms with Crippen molar-refractivity contribution >= 4 is 12.0 Å². The maximum Gasteiger partial charge on any atom is 0.328 e. The lowest BCUT2D eigenvalue weighted by atomic mass is 10.1. The third kappa shape index (κ3) is 3.93. The van der Waals surface area contributed by atoms with E-state index in [9.17, 15) is 4.79 Å². The molecule has 88 valence electrons. The van der Waals surface area contributed by atoms with E-state index in [1.165, 1.54) is 18.9 Å². The van der Waals surface area contributed by atoms with Gasteiger partial charge in [-0.05, 0) is 31.1 Å². The largest absolute Gasteiger partial charge is 0.478 e. The highest BCUT2D eigenvalue weighted by atomic mass is 16.4. The first-order chi connectivity index (χ1) is 7.63. The summed E-state index contributed by atoms with van der Waals surface area (Å²) < 4.78 is 5.56. The molecule has 1 aromatic heterocycles. The van der Waals surface area contributed by atoms with Crippen molar-refractivity contribution in [3.63, 3.8) is 0 Å². The molecule has 1 N–H and O–H groups in total. The van der Waals surface area contributed by atoms with Crippen LogP contribution < -0.4 is 0 Å². The van der Waals surface area contributed by atoms with E-state index in [1.54, 1.807) is 0 Å². The number of rotatable bonds is 6. The second-order valence-corrected chi connectivity index (χ2v) is 3.89. The lowest BCUT2D eigenvalue weighted by Gasteiger charge is -1.94. The van der Waals surface area contributed by atoms with Crippen LogP contribution >= 0.6 is 0 Å². The van der Waals surface area contributed by atoms with E-state index in [-0.39, 0.29) is 0 Å². The van der Waals surface area contributed by atoms with Gasteiger partial charge in [-0.3, -0.25) is 0 Å². The zero-order valence-electron chi connectivity index (χ0n) is 9.82. The Hall–Kier alpha value is -1.51. The van der Waals surface area contributed by atoms with E-state index in [4.69, 9.17) is 9.52 Å². The Bertz CT molecular complexity index is 375. The van der Waals surface area contributed by atoms with Gasteiger partial charge in [-0.25, -0.2) is 4.79 Å². The third-order valence-electron chi connectivity index (χ3n) is 2.41. The van der Waals surface area contributed by atoms with E-state index in [2.05, 4.69) is 6.92 Å². The van der Waals surface area contributed by atoms with Gasteiger partial charge in [0.25, 0.3) is 0 Å². The van der Waals surface area contributed by atoms with Crippen molar-refractivity contribution in [1.82, 2.24) is 0 Å². The first-order valence-electron chi connectivity index (χ1n) is 5.63. The second-order valence-electron chi connectivity index (χ2n) is 3.89. The number of aryl methyl sites for hydroxylation is 2. The number of hydrogen-bond acceptors (Lipinski definition) is 2. The molecule has 0 fully saturated rings. The molecule has 1 rings (SSSR count). The number of unbranched alkanes of at least 4 members (excludes halogenated alkanes) is 2. The van der Waals surface area contributed by atoms with Crippen LogP contribution in [0, 0.1) is 6.92 Å². The summed E-state index contributed by atoms with van der Waals surface area (Å²) in [6, 6.07) is 1.98. The molecule has 0 aromatic carbocycles. The van der Waals surface area contributed by atoms with Gasteiger partial charge in [-0.1, -0.05) is 19.8 Å². The minimum absolute atomic E-state index is 0.647. The molecule has 3 heteroatoms. The van der Waals surface area contributed by atoms with Crippen molar-refractivity contribution in [3.8, 4) is 0 Å². The number of carbonyl (C=O) groups is 1. The number of hydrogen-bond donors (Lipinski definition) is 1. The van der Waals surface area contributed by atoms with Gasteiger partial charge in [0.1, 0.15) is 11.5 Å². The topological polar surface area (TPSA) is 50.4 Å². The van der Waals surface area contributed by atoms with E-state index >= 15 is 0 Å². The van der Waals surface area contributed by atoms with Gasteiger partial charge < -0.3 is 9.52 Å². The molecule has 1 heterocycles. The van der Waals surface area contributed by atoms with E-state index in [0.29, 0.717) is 5.76 Å². The van der Waals surface area contributed by atoms with Crippen molar-refractivity contribution in [2.24, 2.45) is 0 Å². The minimum Gasteiger partial charge on any atom is -0.478 e. The van der Waals surface area contributed by atoms with Gasteiger partial charge in [-0.2, -0.15) is 0 Å². The molecular weight excluding hydrogens is 204 g/mol. The Kier molecular flexibility index (Phi) is 4.83. The van der Waals surface area contributed by atoms with E-state index in [0.717, 1.165) is 30.2 Å². The third-order valence-corrected chi connectivity index (χ3v) is 2.41. The molecule has 0 radical (unpaired) electrons. The molecule has 3 nitrogen and oxygen atoms in total. The predicted octanol–water partition coefficient (Wildman–Crippen LogP) is 3.42. The summed E-state index contributed by atoms with van der Waals surface area (Å²) in [6.45, 7) is 4.09. The first-order valence-corrected chi connectivity index (χ1v) is 5.63. The number of furan rings is 1. The molecule has 0 spiro atoms. The highest BCUT2D eigenvalue weighted by molar-refractivity contribution is 5.84. The molecule has 0 aliphatic carbocycles. The summed E-state index contributed by atoms with van der Waals surface area (Å²) in [5.41, 5.74) is 0.990. The molecule has 0 bridgehead atoms. The van der Waals surface area contributed by atoms with E-state index < -0.39 is 5.97 Å². The molecule has 0 unspecified atom stereocenters. The van der Waals surface area contributed by atoms with Crippen LogP contribution in [0.25, 0.3) is 6.08 Å². The summed E-state index contributed by atoms with van der Waals surface area (Å²) >= 11 is 0. The molecule has 0 aliphatic rings. The minimum atomic E-state index is -0.955. The summed E-state index contributed by atoms with van der Waals surface area (Å²) in [6.07, 6.45) is 7.02. The lowest BCUT2D eigenvalue weighted by molar-refractivity contribution is -0.131. The van der Waals surface area contributed by atoms with E-state index in [1.807, 2.05) is 13.0 Å². The van der Waals surface area contributed by atoms with Gasteiger partial charge in [0.05, 0.1) is 0 Å². The number of carboxylic acids is 1. The average molecular weight is 222 g/mol. The van der Waals surface area contributed by atoms with Crippen LogP contribution in [-0.4, -0.2) is 11.1 Å². The molecule has 0 saturated carbocycles. The van der Waals surface area contributed by atoms with Crippen LogP contribution in [0.5, 0.6) is 0 Å². The monoisotopic (exact) mass is 222 g/mol. The smallest absolute Gasteiger partial charge is 0.328 e. The number of aliphatic carboxylic acids is 1. The summed E-state index contributed by atoms with van der Waals surface area (Å²) in [5, 5.41) is 8.52. The Morgan fingerprint density at radius 3 is 2.88 bits per heavy atom. The van der Waals surface area contributed by atoms with Crippen molar-refractivity contribution in [2.75, 3.05) is 0 Å². The Morgan fingerprint density at radius 1 is 1.50 bits per heavy atom. The van der Waals surface area contributed by atoms with Crippen molar-refractivity contribution < 1.29 is 14.3 Å². The average Bonchev–Trinajstić information content (AvgIpc) is 2.57. The SMILES string of the molecule is CCCCCc1cc(C)c(/C=C\C(=O)O)o1. The van der Waals surface area contributed by atoms with Gasteiger partial charge >= 0.3 is 5.97 Å². The Balaban J connectivity index is 2.62. The fourth-order valence-corrected chi connectivity index (χ4v) is 1.55. The van der Waals surface area contributed by atoms with Crippen molar-refractivity contribution in [3.05, 3.63) is 29.2 Å². The van der Waals surface area contributed by atoms with Crippen LogP contribution in [0.1, 0.15) is 43.3 Å². The van der Waals surface area contributed by atoms with Gasteiger partial charge in [0.15, 0.2) is 0 Å². The normalized spacial score (nSPS) is 11.1. The van der Waals surface area contributed by atoms with Crippen molar-refractivity contribution in [1.29, 1.82) is 0 Å². The molecule has 0 saturated heterocycles. The highest BCUT2D eigenvalue weighted by Gasteiger charge is 2.04.